The van der Waals surface area contributed by atoms with Gasteiger partial charge in [-0.25, -0.2) is 4.79 Å². The summed E-state index contributed by atoms with van der Waals surface area (Å²) < 4.78 is 5.19. The third-order valence-corrected chi connectivity index (χ3v) is 4.90. The van der Waals surface area contributed by atoms with Gasteiger partial charge in [0.2, 0.25) is 0 Å². The van der Waals surface area contributed by atoms with Crippen LogP contribution in [-0.2, 0) is 6.42 Å². The first kappa shape index (κ1) is 14.9. The van der Waals surface area contributed by atoms with Gasteiger partial charge >= 0.3 is 6.09 Å². The van der Waals surface area contributed by atoms with E-state index >= 15 is 0 Å². The van der Waals surface area contributed by atoms with E-state index in [1.807, 2.05) is 24.3 Å². The first-order valence-corrected chi connectivity index (χ1v) is 8.02. The van der Waals surface area contributed by atoms with Crippen molar-refractivity contribution in [2.24, 2.45) is 0 Å². The van der Waals surface area contributed by atoms with Crippen LogP contribution in [0.15, 0.2) is 35.4 Å². The summed E-state index contributed by atoms with van der Waals surface area (Å²) in [5.74, 6) is 0.833. The van der Waals surface area contributed by atoms with E-state index in [-0.39, 0.29) is 6.04 Å². The number of methoxy groups -OCH3 is 1. The normalized spacial score (nSPS) is 21.5. The maximum Gasteiger partial charge on any atom is 0.407 e. The topological polar surface area (TPSA) is 49.8 Å². The molecule has 1 aliphatic carbocycles. The van der Waals surface area contributed by atoms with Crippen molar-refractivity contribution in [3.05, 3.63) is 41.0 Å². The molecule has 118 valence electrons. The number of rotatable bonds is 3. The molecule has 1 aliphatic heterocycles. The van der Waals surface area contributed by atoms with Crippen molar-refractivity contribution >= 4 is 6.09 Å². The van der Waals surface area contributed by atoms with E-state index in [0.717, 1.165) is 37.0 Å². The van der Waals surface area contributed by atoms with Crippen LogP contribution in [-0.4, -0.2) is 35.8 Å². The first-order chi connectivity index (χ1) is 10.7. The van der Waals surface area contributed by atoms with Gasteiger partial charge in [0.25, 0.3) is 0 Å². The van der Waals surface area contributed by atoms with E-state index in [1.165, 1.54) is 24.0 Å². The van der Waals surface area contributed by atoms with Gasteiger partial charge in [-0.05, 0) is 61.8 Å². The predicted molar refractivity (Wildman–Crippen MR) is 85.3 cm³/mol. The number of ether oxygens (including phenoxy) is 1. The molecule has 0 saturated heterocycles. The van der Waals surface area contributed by atoms with Crippen molar-refractivity contribution in [3.63, 3.8) is 0 Å². The third kappa shape index (κ3) is 2.96. The number of benzene rings is 1. The highest BCUT2D eigenvalue weighted by atomic mass is 16.5. The van der Waals surface area contributed by atoms with Crippen LogP contribution in [0.25, 0.3) is 0 Å². The van der Waals surface area contributed by atoms with Crippen molar-refractivity contribution in [1.82, 2.24) is 4.90 Å². The molecule has 2 aliphatic rings. The van der Waals surface area contributed by atoms with Crippen molar-refractivity contribution in [3.8, 4) is 5.75 Å². The molecule has 4 nitrogen and oxygen atoms in total. The van der Waals surface area contributed by atoms with Gasteiger partial charge in [-0.2, -0.15) is 0 Å². The molecule has 4 heteroatoms. The molecule has 0 unspecified atom stereocenters. The number of hydrogen-bond acceptors (Lipinski definition) is 2. The number of carbonyl (C=O) groups is 1. The Kier molecular flexibility index (Phi) is 4.36. The van der Waals surface area contributed by atoms with Gasteiger partial charge in [-0.1, -0.05) is 17.7 Å². The van der Waals surface area contributed by atoms with E-state index in [1.54, 1.807) is 12.0 Å². The van der Waals surface area contributed by atoms with Crippen LogP contribution < -0.4 is 4.74 Å². The van der Waals surface area contributed by atoms with Crippen LogP contribution >= 0.6 is 0 Å². The van der Waals surface area contributed by atoms with Gasteiger partial charge in [0.1, 0.15) is 5.75 Å². The zero-order valence-electron chi connectivity index (χ0n) is 13.0. The second-order valence-electron chi connectivity index (χ2n) is 6.13. The summed E-state index contributed by atoms with van der Waals surface area (Å²) >= 11 is 0. The Hall–Kier alpha value is -1.97. The Morgan fingerprint density at radius 3 is 2.64 bits per heavy atom. The lowest BCUT2D eigenvalue weighted by atomic mass is 9.80. The van der Waals surface area contributed by atoms with Crippen molar-refractivity contribution in [1.29, 1.82) is 0 Å². The highest BCUT2D eigenvalue weighted by molar-refractivity contribution is 5.67. The molecule has 3 rings (SSSR count). The minimum Gasteiger partial charge on any atom is -0.497 e. The van der Waals surface area contributed by atoms with E-state index in [9.17, 15) is 9.90 Å². The van der Waals surface area contributed by atoms with Gasteiger partial charge < -0.3 is 14.7 Å². The Morgan fingerprint density at radius 1 is 1.23 bits per heavy atom. The molecule has 1 atom stereocenters. The van der Waals surface area contributed by atoms with Crippen LogP contribution in [0.5, 0.6) is 5.75 Å². The van der Waals surface area contributed by atoms with Crippen LogP contribution in [0.3, 0.4) is 0 Å². The Bertz CT molecular complexity index is 576. The summed E-state index contributed by atoms with van der Waals surface area (Å²) in [7, 11) is 1.65. The zero-order chi connectivity index (χ0) is 15.5. The summed E-state index contributed by atoms with van der Waals surface area (Å²) in [4.78, 5) is 13.2. The van der Waals surface area contributed by atoms with Crippen molar-refractivity contribution in [2.45, 2.75) is 44.6 Å². The molecule has 1 heterocycles. The summed E-state index contributed by atoms with van der Waals surface area (Å²) in [5, 5.41) is 9.54. The zero-order valence-corrected chi connectivity index (χ0v) is 13.0. The summed E-state index contributed by atoms with van der Waals surface area (Å²) in [5.41, 5.74) is 4.06. The third-order valence-electron chi connectivity index (χ3n) is 4.90. The minimum absolute atomic E-state index is 0.00921. The van der Waals surface area contributed by atoms with Crippen molar-refractivity contribution < 1.29 is 14.6 Å². The lowest BCUT2D eigenvalue weighted by Crippen LogP contribution is -2.46. The molecule has 0 aromatic heterocycles. The number of carboxylic acid groups (broad SMARTS) is 1. The Labute approximate surface area is 131 Å². The maximum absolute atomic E-state index is 11.6. The minimum atomic E-state index is -0.796. The fourth-order valence-corrected chi connectivity index (χ4v) is 3.73. The van der Waals surface area contributed by atoms with Gasteiger partial charge in [0.15, 0.2) is 0 Å². The molecule has 0 saturated carbocycles. The van der Waals surface area contributed by atoms with Crippen LogP contribution in [0, 0.1) is 0 Å². The molecule has 1 amide bonds. The average molecular weight is 301 g/mol. The van der Waals surface area contributed by atoms with Crippen LogP contribution in [0.4, 0.5) is 4.79 Å². The first-order valence-electron chi connectivity index (χ1n) is 8.02. The molecule has 1 N–H and O–H groups in total. The smallest absolute Gasteiger partial charge is 0.407 e. The molecule has 0 radical (unpaired) electrons. The van der Waals surface area contributed by atoms with Crippen LogP contribution in [0.1, 0.15) is 37.7 Å². The highest BCUT2D eigenvalue weighted by Crippen LogP contribution is 2.36. The number of nitrogens with zero attached hydrogens (tertiary/aromatic N) is 1. The quantitative estimate of drug-likeness (QED) is 0.862. The molecule has 1 aromatic rings. The molecule has 0 fully saturated rings. The van der Waals surface area contributed by atoms with E-state index in [2.05, 4.69) is 0 Å². The molecular weight excluding hydrogens is 278 g/mol. The molecule has 1 aromatic carbocycles. The maximum atomic E-state index is 11.6. The predicted octanol–water partition coefficient (Wildman–Crippen LogP) is 3.86. The molecule has 22 heavy (non-hydrogen) atoms. The lowest BCUT2D eigenvalue weighted by Gasteiger charge is -2.39. The van der Waals surface area contributed by atoms with E-state index in [4.69, 9.17) is 4.74 Å². The summed E-state index contributed by atoms with van der Waals surface area (Å²) in [6.07, 6.45) is 5.53. The molecule has 0 bridgehead atoms. The van der Waals surface area contributed by atoms with Crippen LogP contribution in [0.2, 0.25) is 0 Å². The number of amides is 1. The summed E-state index contributed by atoms with van der Waals surface area (Å²) in [6, 6.07) is 7.97. The van der Waals surface area contributed by atoms with Gasteiger partial charge in [0.05, 0.1) is 13.2 Å². The van der Waals surface area contributed by atoms with E-state index in [0.29, 0.717) is 6.54 Å². The monoisotopic (exact) mass is 301 g/mol. The average Bonchev–Trinajstić information content (AvgIpc) is 2.55. The van der Waals surface area contributed by atoms with Gasteiger partial charge in [-0.15, -0.1) is 0 Å². The van der Waals surface area contributed by atoms with Gasteiger partial charge in [0, 0.05) is 6.54 Å². The second-order valence-corrected chi connectivity index (χ2v) is 6.13. The standard InChI is InChI=1S/C18H23NO3/c1-22-15-8-6-13(7-9-15)12-17-16-5-3-2-4-14(16)10-11-19(17)18(20)21/h6-9,17H,2-5,10-12H2,1H3,(H,20,21)/t17-/m0/s1. The molecule has 0 spiro atoms. The Morgan fingerprint density at radius 2 is 1.95 bits per heavy atom. The lowest BCUT2D eigenvalue weighted by molar-refractivity contribution is 0.125. The Balaban J connectivity index is 1.86. The highest BCUT2D eigenvalue weighted by Gasteiger charge is 2.33. The fourth-order valence-electron chi connectivity index (χ4n) is 3.73. The van der Waals surface area contributed by atoms with Crippen molar-refractivity contribution in [2.75, 3.05) is 13.7 Å². The largest absolute Gasteiger partial charge is 0.497 e. The SMILES string of the molecule is COc1ccc(C[C@H]2C3=C(CCCC3)CCN2C(=O)O)cc1. The van der Waals surface area contributed by atoms with E-state index < -0.39 is 6.09 Å². The molecular formula is C18H23NO3. The summed E-state index contributed by atoms with van der Waals surface area (Å²) in [6.45, 7) is 0.634. The number of hydrogen-bond donors (Lipinski definition) is 1. The second kappa shape index (κ2) is 6.42. The fraction of sp³-hybridized carbons (Fsp3) is 0.500. The van der Waals surface area contributed by atoms with Gasteiger partial charge in [-0.3, -0.25) is 0 Å².